The molecule has 9 atom stereocenters. The van der Waals surface area contributed by atoms with E-state index in [1.807, 2.05) is 31.3 Å². The van der Waals surface area contributed by atoms with E-state index < -0.39 is 11.7 Å². The largest absolute Gasteiger partial charge is 0.491 e. The van der Waals surface area contributed by atoms with Gasteiger partial charge in [0.15, 0.2) is 5.78 Å². The molecule has 1 N–H and O–H groups in total. The average molecular weight is 760 g/mol. The minimum Gasteiger partial charge on any atom is -0.491 e. The van der Waals surface area contributed by atoms with Crippen molar-refractivity contribution in [2.75, 3.05) is 38.3 Å². The molecule has 0 unspecified atom stereocenters. The summed E-state index contributed by atoms with van der Waals surface area (Å²) in [4.78, 5) is 21.9. The van der Waals surface area contributed by atoms with Gasteiger partial charge in [0.2, 0.25) is 5.92 Å². The van der Waals surface area contributed by atoms with Crippen LogP contribution in [-0.4, -0.2) is 71.3 Å². The van der Waals surface area contributed by atoms with E-state index in [4.69, 9.17) is 14.2 Å². The second kappa shape index (κ2) is 14.0. The molecule has 0 bridgehead atoms. The fourth-order valence-corrected chi connectivity index (χ4v) is 12.1. The molecule has 0 saturated heterocycles. The van der Waals surface area contributed by atoms with Crippen LogP contribution in [-0.2, 0) is 16.5 Å². The van der Waals surface area contributed by atoms with E-state index in [0.717, 1.165) is 37.7 Å². The number of aryl methyl sites for hydroxylation is 1. The van der Waals surface area contributed by atoms with Crippen LogP contribution in [0.2, 0.25) is 0 Å². The number of ketones is 1. The number of fused-ring (bicyclic) bond motifs is 5. The summed E-state index contributed by atoms with van der Waals surface area (Å²) in [5.41, 5.74) is 3.34. The summed E-state index contributed by atoms with van der Waals surface area (Å²) in [6.07, 6.45) is 9.07. The molecule has 294 valence electrons. The first-order valence-corrected chi connectivity index (χ1v) is 20.3. The molecule has 0 spiro atoms. The fourth-order valence-electron chi connectivity index (χ4n) is 12.1. The number of nitrogens with zero attached hydrogens (tertiary/aromatic N) is 4. The first-order chi connectivity index (χ1) is 26.4. The summed E-state index contributed by atoms with van der Waals surface area (Å²) < 4.78 is 63.5. The highest BCUT2D eigenvalue weighted by atomic mass is 19.3. The molecule has 2 aromatic carbocycles. The zero-order valence-corrected chi connectivity index (χ0v) is 32.0. The molecule has 1 aromatic heterocycles. The van der Waals surface area contributed by atoms with Gasteiger partial charge in [-0.15, -0.1) is 0 Å². The van der Waals surface area contributed by atoms with Crippen LogP contribution in [0.3, 0.4) is 0 Å². The van der Waals surface area contributed by atoms with E-state index >= 15 is 0 Å². The molecule has 9 nitrogen and oxygen atoms in total. The minimum atomic E-state index is -2.48. The number of aliphatic imine (C=N–C) groups is 1. The van der Waals surface area contributed by atoms with E-state index in [1.165, 1.54) is 24.9 Å². The third-order valence-electron chi connectivity index (χ3n) is 14.9. The lowest BCUT2D eigenvalue weighted by Crippen LogP contribution is -2.55. The normalized spacial score (nSPS) is 34.5. The van der Waals surface area contributed by atoms with Gasteiger partial charge in [0.05, 0.1) is 43.6 Å². The molecular weight excluding hydrogens is 707 g/mol. The molecule has 4 saturated carbocycles. The third-order valence-corrected chi connectivity index (χ3v) is 14.9. The quantitative estimate of drug-likeness (QED) is 0.208. The maximum atomic E-state index is 14.7. The number of hydrogen-bond acceptors (Lipinski definition) is 8. The summed E-state index contributed by atoms with van der Waals surface area (Å²) >= 11 is 0. The van der Waals surface area contributed by atoms with Crippen LogP contribution in [0.5, 0.6) is 5.75 Å². The third kappa shape index (κ3) is 6.39. The van der Waals surface area contributed by atoms with Gasteiger partial charge in [-0.05, 0) is 109 Å². The zero-order valence-electron chi connectivity index (χ0n) is 32.0. The van der Waals surface area contributed by atoms with E-state index in [-0.39, 0.29) is 60.0 Å². The van der Waals surface area contributed by atoms with Crippen molar-refractivity contribution in [3.63, 3.8) is 0 Å². The number of carbonyl (C=O) groups excluding carboxylic acids is 1. The van der Waals surface area contributed by atoms with Crippen LogP contribution < -0.4 is 10.1 Å². The molecule has 3 heterocycles. The Balaban J connectivity index is 0.767. The number of nitrogens with one attached hydrogen (secondary N) is 1. The van der Waals surface area contributed by atoms with E-state index in [1.54, 1.807) is 4.68 Å². The Kier molecular flexibility index (Phi) is 9.38. The van der Waals surface area contributed by atoms with E-state index in [0.29, 0.717) is 84.7 Å². The van der Waals surface area contributed by atoms with Gasteiger partial charge < -0.3 is 19.5 Å². The number of anilines is 1. The number of carbonyl (C=O) groups is 1. The highest BCUT2D eigenvalue weighted by Gasteiger charge is 2.62. The molecule has 4 aliphatic carbocycles. The Bertz CT molecular complexity index is 1970. The Morgan fingerprint density at radius 1 is 0.927 bits per heavy atom. The first-order valence-electron chi connectivity index (χ1n) is 20.3. The van der Waals surface area contributed by atoms with Crippen molar-refractivity contribution in [3.8, 4) is 5.75 Å². The van der Waals surface area contributed by atoms with Gasteiger partial charge in [-0.2, -0.15) is 5.10 Å². The molecule has 55 heavy (non-hydrogen) atoms. The Labute approximate surface area is 320 Å². The average Bonchev–Trinajstić information content (AvgIpc) is 3.74. The summed E-state index contributed by atoms with van der Waals surface area (Å²) in [7, 11) is 1.83. The molecule has 12 heteroatoms. The maximum absolute atomic E-state index is 14.7. The number of aromatic nitrogens is 3. The van der Waals surface area contributed by atoms with Crippen molar-refractivity contribution in [3.05, 3.63) is 71.1 Å². The molecule has 4 fully saturated rings. The Hall–Kier alpha value is -3.77. The monoisotopic (exact) mass is 759 g/mol. The van der Waals surface area contributed by atoms with Crippen molar-refractivity contribution in [2.24, 2.45) is 46.5 Å². The lowest BCUT2D eigenvalue weighted by Gasteiger charge is -2.61. The van der Waals surface area contributed by atoms with Crippen LogP contribution in [0, 0.1) is 40.3 Å². The van der Waals surface area contributed by atoms with Gasteiger partial charge in [0, 0.05) is 36.7 Å². The lowest BCUT2D eigenvalue weighted by molar-refractivity contribution is -0.170. The van der Waals surface area contributed by atoms with Crippen LogP contribution in [0.25, 0.3) is 0 Å². The fraction of sp³-hybridized carbons (Fsp3) is 0.628. The molecule has 2 aliphatic heterocycles. The smallest absolute Gasteiger partial charge is 0.248 e. The summed E-state index contributed by atoms with van der Waals surface area (Å²) in [6.45, 7) is 6.59. The van der Waals surface area contributed by atoms with Gasteiger partial charge in [-0.1, -0.05) is 26.0 Å². The second-order valence-corrected chi connectivity index (χ2v) is 17.6. The molecule has 9 rings (SSSR count). The van der Waals surface area contributed by atoms with Gasteiger partial charge in [0.1, 0.15) is 36.9 Å². The van der Waals surface area contributed by atoms with E-state index in [9.17, 15) is 18.0 Å². The van der Waals surface area contributed by atoms with Gasteiger partial charge in [-0.25, -0.2) is 18.2 Å². The summed E-state index contributed by atoms with van der Waals surface area (Å²) in [6, 6.07) is 10.2. The number of ether oxygens (including phenoxy) is 3. The van der Waals surface area contributed by atoms with Crippen molar-refractivity contribution >= 4 is 17.2 Å². The van der Waals surface area contributed by atoms with Gasteiger partial charge >= 0.3 is 0 Å². The van der Waals surface area contributed by atoms with Crippen molar-refractivity contribution in [1.29, 1.82) is 0 Å². The standard InChI is InChI=1S/C43H52F3N5O4/c1-41-14-15-43(45,46)22-26(41)6-9-29-31-10-11-35(42(31,2)13-12-32(29)41)55-19-17-53-16-18-54-28-7-4-25(5-8-28)38-37(40-48-24-49-51(40)3)39-36-30(34(52)23-47-39)20-27(44)21-33(36)50-38/h4-5,7-8,20-21,24,26,29,31-32,35,37-38,50H,6,9-19,22-23H2,1-3H3/t26-,29-,31-,32-,35-,37+,38+,41-,42-/m0/s1. The second-order valence-electron chi connectivity index (χ2n) is 17.6. The van der Waals surface area contributed by atoms with Gasteiger partial charge in [0.25, 0.3) is 0 Å². The SMILES string of the molecule is Cn1ncnc1[C@H]1C2=NCC(=O)c3cc(F)cc(c32)N[C@@H]1c1ccc(OCCOCCO[C@H]2CC[C@H]3[C@@H]4CC[C@H]5CC(F)(F)CC[C@]5(C)[C@H]4CC[C@]23C)cc1. The van der Waals surface area contributed by atoms with Crippen LogP contribution in [0.15, 0.2) is 47.7 Å². The molecule has 0 radical (unpaired) electrons. The Morgan fingerprint density at radius 2 is 1.73 bits per heavy atom. The van der Waals surface area contributed by atoms with Crippen molar-refractivity contribution in [2.45, 2.75) is 95.6 Å². The number of Topliss-reactive ketones (excluding diaryl/α,β-unsaturated/α-hetero) is 1. The van der Waals surface area contributed by atoms with Crippen molar-refractivity contribution in [1.82, 2.24) is 14.8 Å². The maximum Gasteiger partial charge on any atom is 0.248 e. The van der Waals surface area contributed by atoms with Crippen LogP contribution in [0.1, 0.15) is 111 Å². The van der Waals surface area contributed by atoms with Crippen molar-refractivity contribution < 1.29 is 32.2 Å². The number of hydrogen-bond donors (Lipinski definition) is 1. The zero-order chi connectivity index (χ0) is 38.1. The molecule has 0 amide bonds. The number of alkyl halides is 2. The highest BCUT2D eigenvalue weighted by molar-refractivity contribution is 6.21. The summed E-state index contributed by atoms with van der Waals surface area (Å²) in [5, 5.41) is 7.78. The molecular formula is C43H52F3N5O4. The minimum absolute atomic E-state index is 0.0383. The number of benzene rings is 2. The lowest BCUT2D eigenvalue weighted by atomic mass is 9.45. The van der Waals surface area contributed by atoms with Crippen LogP contribution in [0.4, 0.5) is 18.9 Å². The predicted octanol–water partition coefficient (Wildman–Crippen LogP) is 8.35. The first kappa shape index (κ1) is 36.8. The number of rotatable bonds is 10. The predicted molar refractivity (Wildman–Crippen MR) is 201 cm³/mol. The molecule has 3 aromatic rings. The van der Waals surface area contributed by atoms with Gasteiger partial charge in [-0.3, -0.25) is 14.5 Å². The summed E-state index contributed by atoms with van der Waals surface area (Å²) in [5.74, 6) is -0.158. The number of halogens is 3. The molecule has 6 aliphatic rings. The topological polar surface area (TPSA) is 99.9 Å². The Morgan fingerprint density at radius 3 is 2.53 bits per heavy atom. The van der Waals surface area contributed by atoms with Crippen LogP contribution >= 0.6 is 0 Å². The highest BCUT2D eigenvalue weighted by Crippen LogP contribution is 2.67. The van der Waals surface area contributed by atoms with E-state index in [2.05, 4.69) is 34.2 Å².